The number of hydrogen-bond acceptors (Lipinski definition) is 5. The first-order valence-electron chi connectivity index (χ1n) is 9.09. The van der Waals surface area contributed by atoms with E-state index in [2.05, 4.69) is 10.4 Å². The van der Waals surface area contributed by atoms with Gasteiger partial charge in [-0.3, -0.25) is 4.79 Å². The van der Waals surface area contributed by atoms with Crippen molar-refractivity contribution in [2.75, 3.05) is 18.5 Å². The van der Waals surface area contributed by atoms with Crippen molar-refractivity contribution in [1.29, 1.82) is 5.26 Å². The first-order valence-corrected chi connectivity index (χ1v) is 9.09. The normalized spacial score (nSPS) is 12.9. The summed E-state index contributed by atoms with van der Waals surface area (Å²) in [6.07, 6.45) is 1.52. The molecule has 0 saturated carbocycles. The monoisotopic (exact) mass is 386 g/mol. The van der Waals surface area contributed by atoms with Crippen LogP contribution in [0.1, 0.15) is 11.3 Å². The number of benzene rings is 2. The van der Waals surface area contributed by atoms with Gasteiger partial charge < -0.3 is 14.8 Å². The maximum absolute atomic E-state index is 12.7. The molecule has 0 radical (unpaired) electrons. The number of nitriles is 1. The zero-order valence-electron chi connectivity index (χ0n) is 15.8. The van der Waals surface area contributed by atoms with Gasteiger partial charge in [0, 0.05) is 6.07 Å². The van der Waals surface area contributed by atoms with Crippen LogP contribution in [0.4, 0.5) is 5.82 Å². The molecule has 0 spiro atoms. The van der Waals surface area contributed by atoms with Crippen molar-refractivity contribution in [2.45, 2.75) is 6.92 Å². The Kier molecular flexibility index (Phi) is 4.99. The molecule has 3 aromatic rings. The number of amides is 1. The van der Waals surface area contributed by atoms with Crippen LogP contribution < -0.4 is 14.8 Å². The fraction of sp³-hybridized carbons (Fsp3) is 0.136. The van der Waals surface area contributed by atoms with Crippen LogP contribution >= 0.6 is 0 Å². The van der Waals surface area contributed by atoms with Gasteiger partial charge in [-0.15, -0.1) is 0 Å². The van der Waals surface area contributed by atoms with Crippen molar-refractivity contribution in [1.82, 2.24) is 9.78 Å². The van der Waals surface area contributed by atoms with Crippen LogP contribution in [0, 0.1) is 18.3 Å². The van der Waals surface area contributed by atoms with Crippen LogP contribution in [0.2, 0.25) is 0 Å². The van der Waals surface area contributed by atoms with Crippen LogP contribution in [-0.2, 0) is 4.79 Å². The molecule has 2 aromatic carbocycles. The van der Waals surface area contributed by atoms with E-state index in [4.69, 9.17) is 9.47 Å². The fourth-order valence-electron chi connectivity index (χ4n) is 3.00. The highest BCUT2D eigenvalue weighted by Gasteiger charge is 2.16. The molecule has 0 atom stereocenters. The third kappa shape index (κ3) is 3.96. The third-order valence-electron chi connectivity index (χ3n) is 4.32. The van der Waals surface area contributed by atoms with Crippen LogP contribution in [0.5, 0.6) is 11.5 Å². The van der Waals surface area contributed by atoms with Crippen molar-refractivity contribution < 1.29 is 14.3 Å². The van der Waals surface area contributed by atoms with E-state index in [1.54, 1.807) is 28.9 Å². The lowest BCUT2D eigenvalue weighted by Crippen LogP contribution is -2.16. The number of aromatic nitrogens is 2. The zero-order chi connectivity index (χ0) is 20.2. The Balaban J connectivity index is 1.59. The molecule has 7 heteroatoms. The van der Waals surface area contributed by atoms with Gasteiger partial charge in [0.2, 0.25) is 0 Å². The molecule has 0 bridgehead atoms. The Morgan fingerprint density at radius 2 is 1.90 bits per heavy atom. The number of nitrogens with one attached hydrogen (secondary N) is 1. The molecule has 7 nitrogen and oxygen atoms in total. The Morgan fingerprint density at radius 1 is 1.14 bits per heavy atom. The molecule has 1 aromatic heterocycles. The van der Waals surface area contributed by atoms with E-state index in [1.807, 2.05) is 43.3 Å². The van der Waals surface area contributed by atoms with Crippen LogP contribution in [0.15, 0.2) is 60.2 Å². The van der Waals surface area contributed by atoms with Gasteiger partial charge in [-0.05, 0) is 42.8 Å². The molecule has 29 heavy (non-hydrogen) atoms. The van der Waals surface area contributed by atoms with Crippen LogP contribution in [-0.4, -0.2) is 28.9 Å². The van der Waals surface area contributed by atoms with Crippen molar-refractivity contribution in [3.05, 3.63) is 71.4 Å². The highest BCUT2D eigenvalue weighted by Crippen LogP contribution is 2.31. The number of carbonyl (C=O) groups excluding carboxylic acids is 1. The van der Waals surface area contributed by atoms with E-state index in [0.29, 0.717) is 36.1 Å². The Labute approximate surface area is 167 Å². The highest BCUT2D eigenvalue weighted by atomic mass is 16.6. The summed E-state index contributed by atoms with van der Waals surface area (Å²) in [5.41, 5.74) is 2.21. The topological polar surface area (TPSA) is 89.2 Å². The molecule has 144 valence electrons. The average molecular weight is 386 g/mol. The van der Waals surface area contributed by atoms with E-state index >= 15 is 0 Å². The van der Waals surface area contributed by atoms with Gasteiger partial charge in [0.1, 0.15) is 30.7 Å². The summed E-state index contributed by atoms with van der Waals surface area (Å²) in [5, 5.41) is 16.7. The van der Waals surface area contributed by atoms with E-state index in [9.17, 15) is 10.1 Å². The third-order valence-corrected chi connectivity index (χ3v) is 4.32. The van der Waals surface area contributed by atoms with Gasteiger partial charge >= 0.3 is 0 Å². The molecule has 0 unspecified atom stereocenters. The summed E-state index contributed by atoms with van der Waals surface area (Å²) in [4.78, 5) is 12.7. The zero-order valence-corrected chi connectivity index (χ0v) is 15.8. The van der Waals surface area contributed by atoms with E-state index in [1.165, 1.54) is 6.08 Å². The Morgan fingerprint density at radius 3 is 2.66 bits per heavy atom. The molecule has 0 fully saturated rings. The summed E-state index contributed by atoms with van der Waals surface area (Å²) in [6.45, 7) is 2.81. The molecule has 2 heterocycles. The lowest BCUT2D eigenvalue weighted by molar-refractivity contribution is -0.112. The van der Waals surface area contributed by atoms with Crippen molar-refractivity contribution >= 4 is 17.8 Å². The second kappa shape index (κ2) is 7.90. The number of fused-ring (bicyclic) bond motifs is 1. The summed E-state index contributed by atoms with van der Waals surface area (Å²) in [6, 6.07) is 18.5. The number of carbonyl (C=O) groups is 1. The summed E-state index contributed by atoms with van der Waals surface area (Å²) in [5.74, 6) is 1.22. The number of hydrogen-bond donors (Lipinski definition) is 1. The molecule has 4 rings (SSSR count). The molecule has 1 N–H and O–H groups in total. The largest absolute Gasteiger partial charge is 0.486 e. The smallest absolute Gasteiger partial charge is 0.267 e. The van der Waals surface area contributed by atoms with E-state index in [-0.39, 0.29) is 5.57 Å². The van der Waals surface area contributed by atoms with Gasteiger partial charge in [0.15, 0.2) is 11.5 Å². The minimum atomic E-state index is -0.514. The molecule has 0 aliphatic carbocycles. The number of nitrogens with zero attached hydrogens (tertiary/aromatic N) is 3. The molecule has 1 amide bonds. The number of para-hydroxylation sites is 1. The van der Waals surface area contributed by atoms with Gasteiger partial charge in [0.25, 0.3) is 5.91 Å². The molecule has 1 aliphatic rings. The van der Waals surface area contributed by atoms with E-state index in [0.717, 1.165) is 11.4 Å². The van der Waals surface area contributed by atoms with Gasteiger partial charge in [0.05, 0.1) is 11.4 Å². The molecular weight excluding hydrogens is 368 g/mol. The van der Waals surface area contributed by atoms with Gasteiger partial charge in [-0.1, -0.05) is 24.3 Å². The minimum absolute atomic E-state index is 0.0276. The molecule has 0 saturated heterocycles. The quantitative estimate of drug-likeness (QED) is 0.548. The second-order valence-electron chi connectivity index (χ2n) is 6.45. The standard InChI is InChI=1S/C22H18N4O3/c1-15-11-21(26(25-15)18-5-3-2-4-6-18)24-22(27)17(14-23)12-16-7-8-19-20(13-16)29-10-9-28-19/h2-8,11-13H,9-10H2,1H3,(H,24,27). The van der Waals surface area contributed by atoms with Gasteiger partial charge in [-0.25, -0.2) is 4.68 Å². The lowest BCUT2D eigenvalue weighted by atomic mass is 10.1. The average Bonchev–Trinajstić information content (AvgIpc) is 3.12. The molecular formula is C22H18N4O3. The first kappa shape index (κ1) is 18.3. The summed E-state index contributed by atoms with van der Waals surface area (Å²) in [7, 11) is 0. The number of ether oxygens (including phenoxy) is 2. The summed E-state index contributed by atoms with van der Waals surface area (Å²) >= 11 is 0. The number of rotatable bonds is 4. The Hall–Kier alpha value is -4.05. The number of aryl methyl sites for hydroxylation is 1. The first-order chi connectivity index (χ1) is 14.1. The number of anilines is 1. The summed E-state index contributed by atoms with van der Waals surface area (Å²) < 4.78 is 12.7. The predicted molar refractivity (Wildman–Crippen MR) is 108 cm³/mol. The van der Waals surface area contributed by atoms with Crippen molar-refractivity contribution in [3.63, 3.8) is 0 Å². The van der Waals surface area contributed by atoms with E-state index < -0.39 is 5.91 Å². The minimum Gasteiger partial charge on any atom is -0.486 e. The Bertz CT molecular complexity index is 1130. The van der Waals surface area contributed by atoms with Crippen LogP contribution in [0.25, 0.3) is 11.8 Å². The maximum Gasteiger partial charge on any atom is 0.267 e. The van der Waals surface area contributed by atoms with Crippen LogP contribution in [0.3, 0.4) is 0 Å². The van der Waals surface area contributed by atoms with Crippen molar-refractivity contribution in [2.24, 2.45) is 0 Å². The fourth-order valence-corrected chi connectivity index (χ4v) is 3.00. The van der Waals surface area contributed by atoms with Crippen molar-refractivity contribution in [3.8, 4) is 23.3 Å². The predicted octanol–water partition coefficient (Wildman–Crippen LogP) is 3.50. The maximum atomic E-state index is 12.7. The highest BCUT2D eigenvalue weighted by molar-refractivity contribution is 6.09. The van der Waals surface area contributed by atoms with Gasteiger partial charge in [-0.2, -0.15) is 10.4 Å². The second-order valence-corrected chi connectivity index (χ2v) is 6.45. The lowest BCUT2D eigenvalue weighted by Gasteiger charge is -2.18. The SMILES string of the molecule is Cc1cc(NC(=O)C(C#N)=Cc2ccc3c(c2)OCCO3)n(-c2ccccc2)n1. The molecule has 1 aliphatic heterocycles.